The molecular formula is C11H12MoO10. The third-order valence-electron chi connectivity index (χ3n) is 0.862. The van der Waals surface area contributed by atoms with Crippen LogP contribution >= 0.6 is 0 Å². The first kappa shape index (κ1) is 31.9. The van der Waals surface area contributed by atoms with Crippen molar-refractivity contribution in [2.75, 3.05) is 0 Å². The van der Waals surface area contributed by atoms with Gasteiger partial charge in [-0.2, -0.15) is 6.92 Å². The Bertz CT molecular complexity index is 320. The minimum atomic E-state index is -1.63. The minimum Gasteiger partial charge on any atom is -0.542 e. The zero-order valence-electron chi connectivity index (χ0n) is 12.0. The van der Waals surface area contributed by atoms with Gasteiger partial charge in [0, 0.05) is 20.8 Å². The van der Waals surface area contributed by atoms with Gasteiger partial charge in [-0.3, -0.25) is 20.7 Å². The van der Waals surface area contributed by atoms with E-state index in [1.807, 2.05) is 0 Å². The Morgan fingerprint density at radius 3 is 0.682 bits per heavy atom. The predicted molar refractivity (Wildman–Crippen MR) is 58.4 cm³/mol. The number of ketones is 3. The molecule has 0 unspecified atom stereocenters. The fourth-order valence-corrected chi connectivity index (χ4v) is 0. The maximum absolute atomic E-state index is 9.48. The molecule has 0 spiro atoms. The Hall–Kier alpha value is -2.22. The van der Waals surface area contributed by atoms with E-state index in [4.69, 9.17) is 4.79 Å². The number of Topliss-reactive ketones (excluding diaryl/α,β-unsaturated/α-hetero) is 3. The molecule has 0 heterocycles. The number of carbonyl (C=O) groups is 6. The van der Waals surface area contributed by atoms with Crippen LogP contribution in [0.5, 0.6) is 0 Å². The standard InChI is InChI=1S/3C3H4O3.C2H3O.Mo/c3*1-2(4)3(5)6;1-2-3;/h3*1H3,(H,5,6);1H3;/q;;;-1;+4/p-3. The van der Waals surface area contributed by atoms with Gasteiger partial charge in [0.15, 0.2) is 17.3 Å². The molecule has 0 aromatic rings. The summed E-state index contributed by atoms with van der Waals surface area (Å²) in [6.45, 7) is 4.14. The molecule has 0 fully saturated rings. The van der Waals surface area contributed by atoms with Crippen molar-refractivity contribution in [1.29, 1.82) is 0 Å². The first-order chi connectivity index (χ1) is 9.34. The maximum atomic E-state index is 9.48. The molecule has 0 aliphatic heterocycles. The average Bonchev–Trinajstić information content (AvgIpc) is 2.30. The monoisotopic (exact) mass is 402 g/mol. The van der Waals surface area contributed by atoms with Gasteiger partial charge in [0.2, 0.25) is 0 Å². The predicted octanol–water partition coefficient (Wildman–Crippen LogP) is -4.91. The van der Waals surface area contributed by atoms with Crippen LogP contribution in [-0.2, 0) is 54.6 Å². The molecule has 0 aromatic carbocycles. The van der Waals surface area contributed by atoms with Crippen LogP contribution in [0.1, 0.15) is 27.7 Å². The second kappa shape index (κ2) is 21.1. The third kappa shape index (κ3) is 52.3. The van der Waals surface area contributed by atoms with E-state index >= 15 is 0 Å². The van der Waals surface area contributed by atoms with Crippen molar-refractivity contribution in [3.8, 4) is 0 Å². The van der Waals surface area contributed by atoms with Gasteiger partial charge in [-0.25, -0.2) is 0 Å². The van der Waals surface area contributed by atoms with Crippen LogP contribution in [0, 0.1) is 0 Å². The third-order valence-corrected chi connectivity index (χ3v) is 0.862. The Labute approximate surface area is 139 Å². The molecule has 0 saturated heterocycles. The number of hydrogen-bond donors (Lipinski definition) is 0. The zero-order chi connectivity index (χ0) is 18.2. The topological polar surface area (TPSA) is 189 Å². The number of aliphatic carboxylic acids is 3. The molecule has 0 N–H and O–H groups in total. The second-order valence-electron chi connectivity index (χ2n) is 2.74. The molecule has 0 saturated carbocycles. The van der Waals surface area contributed by atoms with Crippen molar-refractivity contribution in [2.24, 2.45) is 0 Å². The van der Waals surface area contributed by atoms with Crippen LogP contribution in [-0.4, -0.2) is 41.5 Å². The van der Waals surface area contributed by atoms with E-state index in [0.717, 1.165) is 20.8 Å². The van der Waals surface area contributed by atoms with Crippen LogP contribution in [0.15, 0.2) is 0 Å². The van der Waals surface area contributed by atoms with Crippen LogP contribution in [0.2, 0.25) is 0 Å². The number of carboxylic acids is 3. The molecule has 0 radical (unpaired) electrons. The van der Waals surface area contributed by atoms with Crippen molar-refractivity contribution in [2.45, 2.75) is 27.7 Å². The van der Waals surface area contributed by atoms with E-state index in [9.17, 15) is 44.1 Å². The summed E-state index contributed by atoms with van der Waals surface area (Å²) in [5, 5.41) is 27.7. The van der Waals surface area contributed by atoms with E-state index in [2.05, 4.69) is 0 Å². The molecule has 0 aromatic heterocycles. The largest absolute Gasteiger partial charge is 4.00 e. The Morgan fingerprint density at radius 2 is 0.682 bits per heavy atom. The molecule has 0 aliphatic rings. The fourth-order valence-electron chi connectivity index (χ4n) is 0. The average molecular weight is 400 g/mol. The second-order valence-corrected chi connectivity index (χ2v) is 2.74. The van der Waals surface area contributed by atoms with Gasteiger partial charge in [-0.05, 0) is 0 Å². The SMILES string of the molecule is CC(=O)C(=O)[O-].CC(=O)C(=O)[O-].CC(=O)C(=O)[O-].C[C-]=O.[Mo+4]. The molecule has 22 heavy (non-hydrogen) atoms. The van der Waals surface area contributed by atoms with E-state index < -0.39 is 35.3 Å². The van der Waals surface area contributed by atoms with Crippen molar-refractivity contribution in [3.63, 3.8) is 0 Å². The molecular weight excluding hydrogens is 388 g/mol. The quantitative estimate of drug-likeness (QED) is 0.252. The van der Waals surface area contributed by atoms with E-state index in [1.165, 1.54) is 13.2 Å². The smallest absolute Gasteiger partial charge is 0.542 e. The number of carbonyl (C=O) groups excluding carboxylic acids is 7. The number of hydrogen-bond acceptors (Lipinski definition) is 10. The summed E-state index contributed by atoms with van der Waals surface area (Å²) >= 11 is 0. The zero-order valence-corrected chi connectivity index (χ0v) is 14.0. The van der Waals surface area contributed by atoms with Gasteiger partial charge in [-0.15, -0.1) is 0 Å². The Kier molecular flexibility index (Phi) is 30.6. The van der Waals surface area contributed by atoms with Crippen LogP contribution in [0.4, 0.5) is 0 Å². The molecule has 0 atom stereocenters. The van der Waals surface area contributed by atoms with Gasteiger partial charge in [0.25, 0.3) is 0 Å². The summed E-state index contributed by atoms with van der Waals surface area (Å²) in [6, 6.07) is 0. The van der Waals surface area contributed by atoms with Crippen LogP contribution < -0.4 is 15.3 Å². The summed E-state index contributed by atoms with van der Waals surface area (Å²) in [5.74, 6) is -7.69. The fraction of sp³-hybridized carbons (Fsp3) is 0.364. The van der Waals surface area contributed by atoms with Gasteiger partial charge in [0.05, 0.1) is 0 Å². The summed E-state index contributed by atoms with van der Waals surface area (Å²) in [6.07, 6.45) is 1.50. The van der Waals surface area contributed by atoms with Crippen molar-refractivity contribution >= 4 is 41.5 Å². The van der Waals surface area contributed by atoms with Crippen molar-refractivity contribution in [1.82, 2.24) is 0 Å². The molecule has 122 valence electrons. The van der Waals surface area contributed by atoms with Crippen LogP contribution in [0.3, 0.4) is 0 Å². The molecule has 0 amide bonds. The van der Waals surface area contributed by atoms with E-state index in [-0.39, 0.29) is 21.1 Å². The first-order valence-electron chi connectivity index (χ1n) is 4.79. The molecule has 0 aliphatic carbocycles. The number of carboxylic acid groups (broad SMARTS) is 3. The Morgan fingerprint density at radius 1 is 0.636 bits per heavy atom. The molecule has 0 bridgehead atoms. The van der Waals surface area contributed by atoms with Gasteiger partial charge in [0.1, 0.15) is 17.9 Å². The summed E-state index contributed by atoms with van der Waals surface area (Å²) < 4.78 is 0. The van der Waals surface area contributed by atoms with Crippen LogP contribution in [0.25, 0.3) is 0 Å². The van der Waals surface area contributed by atoms with Gasteiger partial charge >= 0.3 is 21.1 Å². The summed E-state index contributed by atoms with van der Waals surface area (Å²) in [7, 11) is 0. The van der Waals surface area contributed by atoms with E-state index in [1.54, 1.807) is 0 Å². The van der Waals surface area contributed by atoms with Gasteiger partial charge < -0.3 is 34.5 Å². The first-order valence-corrected chi connectivity index (χ1v) is 4.79. The summed E-state index contributed by atoms with van der Waals surface area (Å²) in [5.41, 5.74) is 0. The molecule has 10 nitrogen and oxygen atoms in total. The summed E-state index contributed by atoms with van der Waals surface area (Å²) in [4.78, 5) is 64.8. The maximum Gasteiger partial charge on any atom is 4.00 e. The molecule has 11 heteroatoms. The van der Waals surface area contributed by atoms with Gasteiger partial charge in [-0.1, -0.05) is 0 Å². The van der Waals surface area contributed by atoms with E-state index in [0.29, 0.717) is 0 Å². The normalized spacial score (nSPS) is 6.73. The van der Waals surface area contributed by atoms with Crippen molar-refractivity contribution < 1.29 is 69.9 Å². The Balaban J connectivity index is -0.0000000591. The number of rotatable bonds is 3. The molecule has 0 rings (SSSR count). The van der Waals surface area contributed by atoms with Crippen molar-refractivity contribution in [3.05, 3.63) is 0 Å². The minimum absolute atomic E-state index is 0.